The second-order valence-corrected chi connectivity index (χ2v) is 16.8. The zero-order valence-corrected chi connectivity index (χ0v) is 35.3. The predicted molar refractivity (Wildman–Crippen MR) is 221 cm³/mol. The topological polar surface area (TPSA) is 151 Å². The molecule has 0 aliphatic carbocycles. The van der Waals surface area contributed by atoms with E-state index in [0.717, 1.165) is 25.7 Å². The van der Waals surface area contributed by atoms with Crippen molar-refractivity contribution in [2.45, 2.75) is 152 Å². The van der Waals surface area contributed by atoms with Crippen LogP contribution in [0, 0.1) is 0 Å². The van der Waals surface area contributed by atoms with E-state index in [2.05, 4.69) is 13.8 Å². The van der Waals surface area contributed by atoms with E-state index >= 15 is 0 Å². The molecule has 314 valence electrons. The molecule has 0 unspecified atom stereocenters. The Bertz CT molecular complexity index is 1180. The monoisotopic (exact) mass is 801 g/mol. The molecular weight excluding hydrogens is 727 g/mol. The molecule has 0 heterocycles. The van der Waals surface area contributed by atoms with Crippen LogP contribution in [0.15, 0.2) is 70.5 Å². The van der Waals surface area contributed by atoms with E-state index in [1.165, 1.54) is 103 Å². The van der Waals surface area contributed by atoms with Gasteiger partial charge in [0, 0.05) is 19.6 Å². The molecule has 2 aromatic carbocycles. The molecule has 0 aliphatic heterocycles. The van der Waals surface area contributed by atoms with Crippen LogP contribution in [0.1, 0.15) is 142 Å². The third-order valence-corrected chi connectivity index (χ3v) is 11.4. The van der Waals surface area contributed by atoms with E-state index in [-0.39, 0.29) is 42.8 Å². The lowest BCUT2D eigenvalue weighted by Crippen LogP contribution is -2.32. The van der Waals surface area contributed by atoms with Gasteiger partial charge in [-0.2, -0.15) is 16.8 Å². The smallest absolute Gasteiger partial charge is 0.296 e. The Balaban J connectivity index is 0.000000837. The first-order chi connectivity index (χ1) is 26.2. The number of benzene rings is 2. The maximum atomic E-state index is 11.9. The Morgan fingerprint density at radius 3 is 0.944 bits per heavy atom. The second-order valence-electron chi connectivity index (χ2n) is 13.6. The normalized spacial score (nSPS) is 11.5. The number of unbranched alkanes of at least 4 members (excludes halogenated alkanes) is 18. The quantitative estimate of drug-likeness (QED) is 0.0484. The average molecular weight is 802 g/mol. The standard InChI is InChI=1S/2C18H30O3S.C6H15NO3/c2*1-2-3-4-5-6-7-8-9-10-14-17-21-22(19,20)18-15-12-11-13-16-18;8-4-1-7(2-5-9)3-6-10/h2*11-13,15-16H,2-10,14,17H2,1H3;8-10H,1-6H2. The van der Waals surface area contributed by atoms with Crippen LogP contribution in [0.25, 0.3) is 0 Å². The highest BCUT2D eigenvalue weighted by Crippen LogP contribution is 2.15. The van der Waals surface area contributed by atoms with Gasteiger partial charge in [0.15, 0.2) is 0 Å². The highest BCUT2D eigenvalue weighted by Gasteiger charge is 2.14. The minimum Gasteiger partial charge on any atom is -0.395 e. The molecule has 0 saturated carbocycles. The van der Waals surface area contributed by atoms with Gasteiger partial charge < -0.3 is 15.3 Å². The zero-order valence-electron chi connectivity index (χ0n) is 33.6. The lowest BCUT2D eigenvalue weighted by Gasteiger charge is -2.17. The highest BCUT2D eigenvalue weighted by atomic mass is 32.2. The first kappa shape index (κ1) is 52.1. The maximum absolute atomic E-state index is 11.9. The van der Waals surface area contributed by atoms with Gasteiger partial charge in [0.25, 0.3) is 20.2 Å². The molecule has 10 nitrogen and oxygen atoms in total. The van der Waals surface area contributed by atoms with Crippen molar-refractivity contribution in [1.82, 2.24) is 4.90 Å². The summed E-state index contributed by atoms with van der Waals surface area (Å²) in [4.78, 5) is 2.27. The number of nitrogens with zero attached hydrogens (tertiary/aromatic N) is 1. The predicted octanol–water partition coefficient (Wildman–Crippen LogP) is 8.89. The number of aliphatic hydroxyl groups excluding tert-OH is 3. The molecule has 3 N–H and O–H groups in total. The lowest BCUT2D eigenvalue weighted by atomic mass is 10.1. The summed E-state index contributed by atoms with van der Waals surface area (Å²) < 4.78 is 57.6. The molecular formula is C42H75NO9S2. The van der Waals surface area contributed by atoms with Gasteiger partial charge in [-0.25, -0.2) is 0 Å². The van der Waals surface area contributed by atoms with Crippen molar-refractivity contribution in [2.75, 3.05) is 52.7 Å². The Morgan fingerprint density at radius 2 is 0.685 bits per heavy atom. The van der Waals surface area contributed by atoms with Gasteiger partial charge in [-0.15, -0.1) is 0 Å². The van der Waals surface area contributed by atoms with Crippen LogP contribution in [0.3, 0.4) is 0 Å². The minimum absolute atomic E-state index is 0.0694. The van der Waals surface area contributed by atoms with E-state index in [9.17, 15) is 16.8 Å². The molecule has 12 heteroatoms. The van der Waals surface area contributed by atoms with Crippen molar-refractivity contribution >= 4 is 20.2 Å². The van der Waals surface area contributed by atoms with Crippen LogP contribution in [0.2, 0.25) is 0 Å². The van der Waals surface area contributed by atoms with Crippen molar-refractivity contribution in [3.8, 4) is 0 Å². The van der Waals surface area contributed by atoms with E-state index in [0.29, 0.717) is 19.6 Å². The Morgan fingerprint density at radius 1 is 0.426 bits per heavy atom. The second kappa shape index (κ2) is 36.7. The van der Waals surface area contributed by atoms with Crippen LogP contribution >= 0.6 is 0 Å². The first-order valence-electron chi connectivity index (χ1n) is 20.6. The van der Waals surface area contributed by atoms with Crippen molar-refractivity contribution in [3.63, 3.8) is 0 Å². The molecule has 0 radical (unpaired) electrons. The van der Waals surface area contributed by atoms with Crippen molar-refractivity contribution in [1.29, 1.82) is 0 Å². The molecule has 0 amide bonds. The first-order valence-corrected chi connectivity index (χ1v) is 23.4. The molecule has 0 fully saturated rings. The summed E-state index contributed by atoms with van der Waals surface area (Å²) in [7, 11) is -7.14. The SMILES string of the molecule is CCCCCCCCCCCCOS(=O)(=O)c1ccccc1.CCCCCCCCCCCCOS(=O)(=O)c1ccccc1.OCCN(CCO)CCO. The van der Waals surface area contributed by atoms with Crippen molar-refractivity contribution in [3.05, 3.63) is 60.7 Å². The van der Waals surface area contributed by atoms with Gasteiger partial charge in [0.05, 0.1) is 42.8 Å². The summed E-state index contributed by atoms with van der Waals surface area (Å²) in [5.74, 6) is 0. The number of hydrogen-bond acceptors (Lipinski definition) is 10. The number of aliphatic hydroxyl groups is 3. The van der Waals surface area contributed by atoms with E-state index in [4.69, 9.17) is 23.7 Å². The van der Waals surface area contributed by atoms with Crippen LogP contribution in [0.4, 0.5) is 0 Å². The van der Waals surface area contributed by atoms with Crippen LogP contribution in [-0.2, 0) is 28.6 Å². The summed E-state index contributed by atoms with van der Waals surface area (Å²) >= 11 is 0. The summed E-state index contributed by atoms with van der Waals surface area (Å²) in [6.07, 6.45) is 24.5. The van der Waals surface area contributed by atoms with E-state index < -0.39 is 20.2 Å². The van der Waals surface area contributed by atoms with Gasteiger partial charge >= 0.3 is 0 Å². The molecule has 2 rings (SSSR count). The van der Waals surface area contributed by atoms with Gasteiger partial charge in [-0.1, -0.05) is 166 Å². The largest absolute Gasteiger partial charge is 0.395 e. The summed E-state index contributed by atoms with van der Waals surface area (Å²) in [6, 6.07) is 16.7. The zero-order chi connectivity index (χ0) is 40.0. The maximum Gasteiger partial charge on any atom is 0.296 e. The summed E-state index contributed by atoms with van der Waals surface area (Å²) in [5.41, 5.74) is 0. The molecule has 54 heavy (non-hydrogen) atoms. The van der Waals surface area contributed by atoms with Crippen LogP contribution < -0.4 is 0 Å². The molecule has 0 saturated heterocycles. The highest BCUT2D eigenvalue weighted by molar-refractivity contribution is 7.87. The van der Waals surface area contributed by atoms with Crippen LogP contribution in [0.5, 0.6) is 0 Å². The third kappa shape index (κ3) is 30.3. The Hall–Kier alpha value is -1.90. The average Bonchev–Trinajstić information content (AvgIpc) is 3.17. The Kier molecular flexibility index (Phi) is 35.4. The summed E-state index contributed by atoms with van der Waals surface area (Å²) in [5, 5.41) is 25.5. The number of rotatable bonds is 32. The number of hydrogen-bond donors (Lipinski definition) is 3. The molecule has 0 atom stereocenters. The van der Waals surface area contributed by atoms with E-state index in [1.54, 1.807) is 65.6 Å². The summed E-state index contributed by atoms with van der Waals surface area (Å²) in [6.45, 7) is 6.80. The fourth-order valence-electron chi connectivity index (χ4n) is 5.59. The molecule has 0 spiro atoms. The van der Waals surface area contributed by atoms with Gasteiger partial charge in [0.1, 0.15) is 0 Å². The van der Waals surface area contributed by atoms with Gasteiger partial charge in [-0.05, 0) is 37.1 Å². The third-order valence-electron chi connectivity index (χ3n) is 8.79. The molecule has 0 aromatic heterocycles. The fourth-order valence-corrected chi connectivity index (χ4v) is 7.51. The minimum atomic E-state index is -3.57. The molecule has 0 aliphatic rings. The van der Waals surface area contributed by atoms with Crippen molar-refractivity contribution < 1.29 is 40.5 Å². The van der Waals surface area contributed by atoms with Crippen molar-refractivity contribution in [2.24, 2.45) is 0 Å². The lowest BCUT2D eigenvalue weighted by molar-refractivity contribution is 0.136. The van der Waals surface area contributed by atoms with E-state index in [1.807, 2.05) is 0 Å². The fraction of sp³-hybridized carbons (Fsp3) is 0.714. The van der Waals surface area contributed by atoms with Gasteiger partial charge in [-0.3, -0.25) is 13.3 Å². The molecule has 2 aromatic rings. The van der Waals surface area contributed by atoms with Crippen LogP contribution in [-0.4, -0.2) is 89.7 Å². The molecule has 0 bridgehead atoms. The van der Waals surface area contributed by atoms with Gasteiger partial charge in [0.2, 0.25) is 0 Å². The Labute approximate surface area is 329 Å².